The lowest BCUT2D eigenvalue weighted by molar-refractivity contribution is -0.144. The van der Waals surface area contributed by atoms with Gasteiger partial charge < -0.3 is 15.3 Å². The number of carboxylic acid groups (broad SMARTS) is 3. The number of carboxylic acids is 3. The van der Waals surface area contributed by atoms with Crippen LogP contribution in [0.1, 0.15) is 19.3 Å². The van der Waals surface area contributed by atoms with E-state index in [-0.39, 0.29) is 18.4 Å². The van der Waals surface area contributed by atoms with Crippen molar-refractivity contribution in [2.75, 3.05) is 0 Å². The Morgan fingerprint density at radius 2 is 1.67 bits per heavy atom. The molecule has 0 aliphatic heterocycles. The maximum Gasteiger partial charge on any atom is 0.332 e. The number of hydrogen-bond donors (Lipinski definition) is 3. The van der Waals surface area contributed by atoms with Crippen LogP contribution in [0.25, 0.3) is 0 Å². The summed E-state index contributed by atoms with van der Waals surface area (Å²) in [4.78, 5) is 32.3. The molecule has 82 valence electrons. The molecule has 1 unspecified atom stereocenters. The minimum atomic E-state index is -1.46. The molecule has 0 bridgehead atoms. The fourth-order valence-corrected chi connectivity index (χ4v) is 1.72. The van der Waals surface area contributed by atoms with Crippen molar-refractivity contribution >= 4 is 17.9 Å². The fraction of sp³-hybridized carbons (Fsp3) is 0.444. The minimum absolute atomic E-state index is 0.112. The Labute approximate surface area is 84.8 Å². The average Bonchev–Trinajstić information content (AvgIpc) is 2.16. The van der Waals surface area contributed by atoms with Gasteiger partial charge in [-0.15, -0.1) is 0 Å². The molecule has 0 saturated carbocycles. The van der Waals surface area contributed by atoms with Crippen molar-refractivity contribution in [3.8, 4) is 0 Å². The first-order valence-electron chi connectivity index (χ1n) is 4.37. The van der Waals surface area contributed by atoms with Gasteiger partial charge in [0.2, 0.25) is 0 Å². The lowest BCUT2D eigenvalue weighted by atomic mass is 9.82. The summed E-state index contributed by atoms with van der Waals surface area (Å²) in [5.74, 6) is -5.30. The largest absolute Gasteiger partial charge is 0.481 e. The Bertz CT molecular complexity index is 354. The topological polar surface area (TPSA) is 112 Å². The summed E-state index contributed by atoms with van der Waals surface area (Å²) in [6.07, 6.45) is 0.671. The van der Waals surface area contributed by atoms with Gasteiger partial charge in [-0.25, -0.2) is 9.59 Å². The van der Waals surface area contributed by atoms with Crippen molar-refractivity contribution in [1.29, 1.82) is 0 Å². The molecule has 0 aromatic carbocycles. The summed E-state index contributed by atoms with van der Waals surface area (Å²) < 4.78 is 0. The first-order valence-corrected chi connectivity index (χ1v) is 4.37. The van der Waals surface area contributed by atoms with Crippen LogP contribution in [0, 0.1) is 5.92 Å². The molecular formula is C9H10O6. The lowest BCUT2D eigenvalue weighted by Crippen LogP contribution is -2.28. The average molecular weight is 214 g/mol. The van der Waals surface area contributed by atoms with E-state index in [9.17, 15) is 14.4 Å². The van der Waals surface area contributed by atoms with E-state index in [4.69, 9.17) is 15.3 Å². The van der Waals surface area contributed by atoms with Gasteiger partial charge in [-0.3, -0.25) is 4.79 Å². The van der Waals surface area contributed by atoms with Crippen LogP contribution in [0.3, 0.4) is 0 Å². The summed E-state index contributed by atoms with van der Waals surface area (Å²) in [6.45, 7) is 0. The summed E-state index contributed by atoms with van der Waals surface area (Å²) >= 11 is 0. The second-order valence-corrected chi connectivity index (χ2v) is 3.29. The molecule has 0 aromatic heterocycles. The highest BCUT2D eigenvalue weighted by molar-refractivity contribution is 6.02. The molecule has 0 heterocycles. The minimum Gasteiger partial charge on any atom is -0.481 e. The Morgan fingerprint density at radius 1 is 1.07 bits per heavy atom. The van der Waals surface area contributed by atoms with Crippen LogP contribution in [0.2, 0.25) is 0 Å². The van der Waals surface area contributed by atoms with Gasteiger partial charge in [-0.2, -0.15) is 0 Å². The molecule has 0 fully saturated rings. The van der Waals surface area contributed by atoms with Gasteiger partial charge in [0, 0.05) is 5.57 Å². The van der Waals surface area contributed by atoms with E-state index in [1.807, 2.05) is 0 Å². The van der Waals surface area contributed by atoms with Gasteiger partial charge in [0.05, 0.1) is 11.5 Å². The smallest absolute Gasteiger partial charge is 0.332 e. The monoisotopic (exact) mass is 214 g/mol. The summed E-state index contributed by atoms with van der Waals surface area (Å²) in [5, 5.41) is 26.3. The molecule has 1 aliphatic rings. The van der Waals surface area contributed by atoms with Gasteiger partial charge >= 0.3 is 17.9 Å². The third-order valence-corrected chi connectivity index (χ3v) is 2.38. The van der Waals surface area contributed by atoms with Crippen molar-refractivity contribution in [2.24, 2.45) is 5.92 Å². The number of aliphatic carboxylic acids is 3. The van der Waals surface area contributed by atoms with E-state index in [0.717, 1.165) is 0 Å². The molecule has 0 amide bonds. The highest BCUT2D eigenvalue weighted by atomic mass is 16.4. The van der Waals surface area contributed by atoms with Crippen molar-refractivity contribution in [2.45, 2.75) is 19.3 Å². The van der Waals surface area contributed by atoms with Crippen LogP contribution in [-0.4, -0.2) is 33.2 Å². The standard InChI is InChI=1S/C9H10O6/c10-7(11)4-2-1-3-5(8(12)13)6(4)9(14)15/h4H,1-3H2,(H,10,11)(H,12,13)(H,14,15). The molecular weight excluding hydrogens is 204 g/mol. The van der Waals surface area contributed by atoms with Crippen molar-refractivity contribution < 1.29 is 29.7 Å². The molecule has 6 heteroatoms. The van der Waals surface area contributed by atoms with E-state index in [1.54, 1.807) is 0 Å². The molecule has 6 nitrogen and oxygen atoms in total. The Morgan fingerprint density at radius 3 is 2.07 bits per heavy atom. The summed E-state index contributed by atoms with van der Waals surface area (Å²) in [7, 11) is 0. The van der Waals surface area contributed by atoms with Gasteiger partial charge in [-0.1, -0.05) is 0 Å². The van der Waals surface area contributed by atoms with Crippen LogP contribution in [-0.2, 0) is 14.4 Å². The van der Waals surface area contributed by atoms with E-state index in [0.29, 0.717) is 6.42 Å². The molecule has 0 spiro atoms. The summed E-state index contributed by atoms with van der Waals surface area (Å²) in [5.41, 5.74) is -0.776. The Hall–Kier alpha value is -1.85. The van der Waals surface area contributed by atoms with Crippen LogP contribution in [0.5, 0.6) is 0 Å². The van der Waals surface area contributed by atoms with Gasteiger partial charge in [0.1, 0.15) is 0 Å². The molecule has 15 heavy (non-hydrogen) atoms. The maximum absolute atomic E-state index is 10.8. The SMILES string of the molecule is O=C(O)C1=C(C(=O)O)C(C(=O)O)CCC1. The molecule has 3 N–H and O–H groups in total. The van der Waals surface area contributed by atoms with E-state index >= 15 is 0 Å². The second kappa shape index (κ2) is 4.12. The molecule has 1 atom stereocenters. The molecule has 1 aliphatic carbocycles. The predicted molar refractivity (Wildman–Crippen MR) is 47.3 cm³/mol. The third-order valence-electron chi connectivity index (χ3n) is 2.38. The summed E-state index contributed by atoms with van der Waals surface area (Å²) in [6, 6.07) is 0. The predicted octanol–water partition coefficient (Wildman–Crippen LogP) is 0.337. The second-order valence-electron chi connectivity index (χ2n) is 3.29. The number of rotatable bonds is 3. The number of carbonyl (C=O) groups is 3. The zero-order valence-corrected chi connectivity index (χ0v) is 7.77. The zero-order valence-electron chi connectivity index (χ0n) is 7.77. The van der Waals surface area contributed by atoms with Crippen molar-refractivity contribution in [1.82, 2.24) is 0 Å². The van der Waals surface area contributed by atoms with Crippen molar-refractivity contribution in [3.63, 3.8) is 0 Å². The fourth-order valence-electron chi connectivity index (χ4n) is 1.72. The van der Waals surface area contributed by atoms with E-state index in [2.05, 4.69) is 0 Å². The van der Waals surface area contributed by atoms with Crippen LogP contribution < -0.4 is 0 Å². The normalized spacial score (nSPS) is 21.2. The zero-order chi connectivity index (χ0) is 11.6. The molecule has 0 aromatic rings. The third kappa shape index (κ3) is 2.15. The van der Waals surface area contributed by atoms with E-state index in [1.165, 1.54) is 0 Å². The van der Waals surface area contributed by atoms with Crippen LogP contribution in [0.15, 0.2) is 11.1 Å². The number of hydrogen-bond acceptors (Lipinski definition) is 3. The quantitative estimate of drug-likeness (QED) is 0.624. The van der Waals surface area contributed by atoms with Gasteiger partial charge in [0.15, 0.2) is 0 Å². The van der Waals surface area contributed by atoms with E-state index < -0.39 is 29.4 Å². The molecule has 1 rings (SSSR count). The maximum atomic E-state index is 10.8. The molecule has 0 saturated heterocycles. The van der Waals surface area contributed by atoms with Gasteiger partial charge in [0.25, 0.3) is 0 Å². The van der Waals surface area contributed by atoms with Crippen LogP contribution in [0.4, 0.5) is 0 Å². The first-order chi connectivity index (χ1) is 6.95. The first kappa shape index (κ1) is 11.2. The highest BCUT2D eigenvalue weighted by Crippen LogP contribution is 2.30. The Kier molecular flexibility index (Phi) is 3.08. The highest BCUT2D eigenvalue weighted by Gasteiger charge is 2.35. The molecule has 0 radical (unpaired) electrons. The Balaban J connectivity index is 3.23. The van der Waals surface area contributed by atoms with Crippen LogP contribution >= 0.6 is 0 Å². The van der Waals surface area contributed by atoms with Crippen molar-refractivity contribution in [3.05, 3.63) is 11.1 Å². The van der Waals surface area contributed by atoms with Gasteiger partial charge in [-0.05, 0) is 19.3 Å². The lowest BCUT2D eigenvalue weighted by Gasteiger charge is -2.20.